The first-order chi connectivity index (χ1) is 6.57. The Labute approximate surface area is 82.9 Å². The van der Waals surface area contributed by atoms with Gasteiger partial charge in [0, 0.05) is 17.2 Å². The number of halogens is 1. The van der Waals surface area contributed by atoms with E-state index in [2.05, 4.69) is 0 Å². The summed E-state index contributed by atoms with van der Waals surface area (Å²) in [5, 5.41) is 0. The van der Waals surface area contributed by atoms with Crippen LogP contribution in [0.4, 0.5) is 4.39 Å². The van der Waals surface area contributed by atoms with Crippen LogP contribution in [0.3, 0.4) is 0 Å². The van der Waals surface area contributed by atoms with Crippen LogP contribution in [-0.2, 0) is 5.54 Å². The predicted molar refractivity (Wildman–Crippen MR) is 52.8 cm³/mol. The van der Waals surface area contributed by atoms with Crippen molar-refractivity contribution in [3.63, 3.8) is 0 Å². The monoisotopic (exact) mass is 195 g/mol. The smallest absolute Gasteiger partial charge is 0.129 e. The molecule has 2 nitrogen and oxygen atoms in total. The van der Waals surface area contributed by atoms with Crippen molar-refractivity contribution in [3.05, 3.63) is 29.1 Å². The lowest BCUT2D eigenvalue weighted by molar-refractivity contribution is 0.400. The molecule has 1 aliphatic rings. The quantitative estimate of drug-likeness (QED) is 0.784. The molecule has 0 radical (unpaired) electrons. The summed E-state index contributed by atoms with van der Waals surface area (Å²) in [7, 11) is 1.54. The maximum absolute atomic E-state index is 13.2. The lowest BCUT2D eigenvalue weighted by atomic mass is 10.0. The molecule has 76 valence electrons. The van der Waals surface area contributed by atoms with Crippen LogP contribution in [0.15, 0.2) is 12.1 Å². The van der Waals surface area contributed by atoms with Gasteiger partial charge < -0.3 is 10.5 Å². The number of benzene rings is 1. The van der Waals surface area contributed by atoms with Crippen LogP contribution in [0.25, 0.3) is 0 Å². The fraction of sp³-hybridized carbons (Fsp3) is 0.455. The van der Waals surface area contributed by atoms with Crippen molar-refractivity contribution in [1.29, 1.82) is 0 Å². The summed E-state index contributed by atoms with van der Waals surface area (Å²) in [4.78, 5) is 0. The zero-order chi connectivity index (χ0) is 10.3. The second-order valence-corrected chi connectivity index (χ2v) is 3.96. The summed E-state index contributed by atoms with van der Waals surface area (Å²) < 4.78 is 18.4. The average molecular weight is 195 g/mol. The summed E-state index contributed by atoms with van der Waals surface area (Å²) in [6, 6.07) is 3.21. The first-order valence-electron chi connectivity index (χ1n) is 4.70. The molecule has 1 aromatic rings. The van der Waals surface area contributed by atoms with Gasteiger partial charge in [-0.05, 0) is 31.4 Å². The third kappa shape index (κ3) is 1.38. The van der Waals surface area contributed by atoms with Gasteiger partial charge in [-0.2, -0.15) is 0 Å². The Morgan fingerprint density at radius 3 is 2.57 bits per heavy atom. The highest BCUT2D eigenvalue weighted by molar-refractivity contribution is 5.45. The molecule has 2 rings (SSSR count). The van der Waals surface area contributed by atoms with Crippen LogP contribution < -0.4 is 10.5 Å². The molecule has 0 aliphatic heterocycles. The molecule has 3 heteroatoms. The molecule has 0 saturated heterocycles. The summed E-state index contributed by atoms with van der Waals surface area (Å²) in [6.07, 6.45) is 1.91. The molecule has 0 bridgehead atoms. The van der Waals surface area contributed by atoms with Gasteiger partial charge in [-0.25, -0.2) is 4.39 Å². The van der Waals surface area contributed by atoms with Gasteiger partial charge in [-0.3, -0.25) is 0 Å². The number of rotatable bonds is 2. The molecular weight excluding hydrogens is 181 g/mol. The van der Waals surface area contributed by atoms with Gasteiger partial charge >= 0.3 is 0 Å². The molecule has 2 N–H and O–H groups in total. The molecule has 0 heterocycles. The number of ether oxygens (including phenoxy) is 1. The zero-order valence-electron chi connectivity index (χ0n) is 8.43. The third-order valence-corrected chi connectivity index (χ3v) is 2.81. The van der Waals surface area contributed by atoms with Crippen molar-refractivity contribution in [1.82, 2.24) is 0 Å². The van der Waals surface area contributed by atoms with E-state index in [1.807, 2.05) is 0 Å². The summed E-state index contributed by atoms with van der Waals surface area (Å²) in [6.45, 7) is 1.74. The third-order valence-electron chi connectivity index (χ3n) is 2.81. The van der Waals surface area contributed by atoms with Crippen LogP contribution in [0.5, 0.6) is 5.75 Å². The molecule has 14 heavy (non-hydrogen) atoms. The van der Waals surface area contributed by atoms with Crippen molar-refractivity contribution in [2.75, 3.05) is 7.11 Å². The van der Waals surface area contributed by atoms with E-state index in [9.17, 15) is 4.39 Å². The molecule has 1 fully saturated rings. The van der Waals surface area contributed by atoms with Crippen LogP contribution in [0, 0.1) is 12.7 Å². The van der Waals surface area contributed by atoms with E-state index in [0.717, 1.165) is 18.4 Å². The Kier molecular flexibility index (Phi) is 2.00. The molecule has 1 aromatic carbocycles. The zero-order valence-corrected chi connectivity index (χ0v) is 8.43. The van der Waals surface area contributed by atoms with Gasteiger partial charge in [-0.15, -0.1) is 0 Å². The van der Waals surface area contributed by atoms with E-state index < -0.39 is 0 Å². The molecule has 0 amide bonds. The normalized spacial score (nSPS) is 18.0. The number of hydrogen-bond donors (Lipinski definition) is 1. The molecular formula is C11H14FNO. The van der Waals surface area contributed by atoms with Gasteiger partial charge in [0.15, 0.2) is 0 Å². The van der Waals surface area contributed by atoms with E-state index >= 15 is 0 Å². The fourth-order valence-electron chi connectivity index (χ4n) is 1.63. The maximum atomic E-state index is 13.2. The molecule has 0 atom stereocenters. The van der Waals surface area contributed by atoms with Crippen molar-refractivity contribution < 1.29 is 9.13 Å². The first kappa shape index (κ1) is 9.46. The average Bonchev–Trinajstić information content (AvgIpc) is 2.89. The highest BCUT2D eigenvalue weighted by Gasteiger charge is 2.42. The Morgan fingerprint density at radius 2 is 2.07 bits per heavy atom. The second kappa shape index (κ2) is 2.95. The first-order valence-corrected chi connectivity index (χ1v) is 4.70. The Hall–Kier alpha value is -1.09. The molecule has 1 aliphatic carbocycles. The second-order valence-electron chi connectivity index (χ2n) is 3.96. The van der Waals surface area contributed by atoms with Crippen LogP contribution in [0.2, 0.25) is 0 Å². The molecule has 1 saturated carbocycles. The standard InChI is InChI=1S/C11H14FNO/c1-7-5-8(11(13)3-4-11)10(14-2)6-9(7)12/h5-6H,3-4,13H2,1-2H3. The molecule has 0 spiro atoms. The van der Waals surface area contributed by atoms with Gasteiger partial charge in [-0.1, -0.05) is 0 Å². The minimum Gasteiger partial charge on any atom is -0.496 e. The Morgan fingerprint density at radius 1 is 1.43 bits per heavy atom. The molecule has 0 unspecified atom stereocenters. The van der Waals surface area contributed by atoms with Crippen molar-refractivity contribution in [2.45, 2.75) is 25.3 Å². The topological polar surface area (TPSA) is 35.2 Å². The van der Waals surface area contributed by atoms with E-state index in [4.69, 9.17) is 10.5 Å². The number of nitrogens with two attached hydrogens (primary N) is 1. The van der Waals surface area contributed by atoms with Gasteiger partial charge in [0.25, 0.3) is 0 Å². The lowest BCUT2D eigenvalue weighted by Gasteiger charge is -2.15. The Bertz CT molecular complexity index is 372. The fourth-order valence-corrected chi connectivity index (χ4v) is 1.63. The number of hydrogen-bond acceptors (Lipinski definition) is 2. The number of aryl methyl sites for hydroxylation is 1. The minimum absolute atomic E-state index is 0.241. The van der Waals surface area contributed by atoms with Crippen molar-refractivity contribution in [3.8, 4) is 5.75 Å². The summed E-state index contributed by atoms with van der Waals surface area (Å²) >= 11 is 0. The van der Waals surface area contributed by atoms with Crippen molar-refractivity contribution >= 4 is 0 Å². The van der Waals surface area contributed by atoms with Gasteiger partial charge in [0.1, 0.15) is 11.6 Å². The van der Waals surface area contributed by atoms with Crippen LogP contribution in [-0.4, -0.2) is 7.11 Å². The predicted octanol–water partition coefficient (Wildman–Crippen LogP) is 2.09. The van der Waals surface area contributed by atoms with E-state index in [1.54, 1.807) is 20.1 Å². The SMILES string of the molecule is COc1cc(F)c(C)cc1C1(N)CC1. The van der Waals surface area contributed by atoms with Crippen LogP contribution in [0.1, 0.15) is 24.0 Å². The number of methoxy groups -OCH3 is 1. The summed E-state index contributed by atoms with van der Waals surface area (Å²) in [5.74, 6) is 0.322. The highest BCUT2D eigenvalue weighted by Crippen LogP contribution is 2.46. The largest absolute Gasteiger partial charge is 0.496 e. The Balaban J connectivity index is 2.52. The summed E-state index contributed by atoms with van der Waals surface area (Å²) in [5.41, 5.74) is 7.34. The maximum Gasteiger partial charge on any atom is 0.129 e. The van der Waals surface area contributed by atoms with E-state index in [1.165, 1.54) is 6.07 Å². The van der Waals surface area contributed by atoms with E-state index in [0.29, 0.717) is 11.3 Å². The highest BCUT2D eigenvalue weighted by atomic mass is 19.1. The van der Waals surface area contributed by atoms with Crippen LogP contribution >= 0.6 is 0 Å². The van der Waals surface area contributed by atoms with E-state index in [-0.39, 0.29) is 11.4 Å². The minimum atomic E-state index is -0.274. The van der Waals surface area contributed by atoms with Gasteiger partial charge in [0.05, 0.1) is 7.11 Å². The molecule has 0 aromatic heterocycles. The van der Waals surface area contributed by atoms with Crippen molar-refractivity contribution in [2.24, 2.45) is 5.73 Å². The van der Waals surface area contributed by atoms with Gasteiger partial charge in [0.2, 0.25) is 0 Å². The lowest BCUT2D eigenvalue weighted by Crippen LogP contribution is -2.20.